The van der Waals surface area contributed by atoms with Gasteiger partial charge in [-0.1, -0.05) is 23.8 Å². The summed E-state index contributed by atoms with van der Waals surface area (Å²) >= 11 is 0. The highest BCUT2D eigenvalue weighted by molar-refractivity contribution is 5.86. The van der Waals surface area contributed by atoms with Crippen LogP contribution in [0.1, 0.15) is 52.9 Å². The molecular formula is C20H26O5. The number of aliphatic carboxylic acids is 1. The second-order valence-corrected chi connectivity index (χ2v) is 7.94. The first-order chi connectivity index (χ1) is 11.6. The van der Waals surface area contributed by atoms with Gasteiger partial charge in [-0.2, -0.15) is 0 Å². The van der Waals surface area contributed by atoms with Crippen molar-refractivity contribution in [2.45, 2.75) is 64.1 Å². The summed E-state index contributed by atoms with van der Waals surface area (Å²) in [6.45, 7) is 5.36. The lowest BCUT2D eigenvalue weighted by Crippen LogP contribution is -2.63. The lowest BCUT2D eigenvalue weighted by molar-refractivity contribution is -0.224. The van der Waals surface area contributed by atoms with E-state index in [4.69, 9.17) is 9.84 Å². The highest BCUT2D eigenvalue weighted by atomic mass is 16.6. The number of allylic oxidation sites excluding steroid dienone is 4. The molecule has 1 heterocycles. The molecule has 2 aliphatic carbocycles. The number of carboxylic acid groups (broad SMARTS) is 1. The monoisotopic (exact) mass is 346 g/mol. The molecule has 0 amide bonds. The highest BCUT2D eigenvalue weighted by Gasteiger charge is 2.71. The minimum Gasteiger partial charge on any atom is -0.478 e. The summed E-state index contributed by atoms with van der Waals surface area (Å²) in [5, 5.41) is 20.6. The predicted octanol–water partition coefficient (Wildman–Crippen LogP) is 3.15. The van der Waals surface area contributed by atoms with Gasteiger partial charge in [0.05, 0.1) is 5.60 Å². The SMILES string of the molecule is CC1=CC[C@@]23CC[C@@H]([C@]2(O)CC1)[C@](C)(/C=C/C=C(\C)C(=O)O)OC3=O. The van der Waals surface area contributed by atoms with E-state index in [1.807, 2.05) is 13.8 Å². The average Bonchev–Trinajstić information content (AvgIpc) is 2.69. The second kappa shape index (κ2) is 5.84. The van der Waals surface area contributed by atoms with Crippen molar-refractivity contribution in [2.75, 3.05) is 0 Å². The number of carboxylic acids is 1. The maximum absolute atomic E-state index is 12.9. The Balaban J connectivity index is 1.97. The summed E-state index contributed by atoms with van der Waals surface area (Å²) in [4.78, 5) is 23.9. The highest BCUT2D eigenvalue weighted by Crippen LogP contribution is 2.63. The van der Waals surface area contributed by atoms with Gasteiger partial charge < -0.3 is 14.9 Å². The largest absolute Gasteiger partial charge is 0.478 e. The van der Waals surface area contributed by atoms with Crippen LogP contribution in [0.3, 0.4) is 0 Å². The number of carbonyl (C=O) groups excluding carboxylic acids is 1. The lowest BCUT2D eigenvalue weighted by atomic mass is 9.62. The third-order valence-corrected chi connectivity index (χ3v) is 6.47. The molecule has 1 saturated carbocycles. The van der Waals surface area contributed by atoms with Gasteiger partial charge in [0, 0.05) is 11.5 Å². The maximum atomic E-state index is 12.9. The lowest BCUT2D eigenvalue weighted by Gasteiger charge is -2.52. The molecular weight excluding hydrogens is 320 g/mol. The van der Waals surface area contributed by atoms with E-state index in [0.29, 0.717) is 19.3 Å². The fourth-order valence-corrected chi connectivity index (χ4v) is 4.81. The molecule has 1 aliphatic heterocycles. The average molecular weight is 346 g/mol. The Morgan fingerprint density at radius 3 is 2.80 bits per heavy atom. The van der Waals surface area contributed by atoms with Crippen molar-refractivity contribution in [2.24, 2.45) is 11.3 Å². The Morgan fingerprint density at radius 2 is 2.12 bits per heavy atom. The first kappa shape index (κ1) is 17.9. The van der Waals surface area contributed by atoms with E-state index < -0.39 is 22.6 Å². The minimum atomic E-state index is -1.08. The molecule has 0 spiro atoms. The number of rotatable bonds is 3. The number of hydrogen-bond acceptors (Lipinski definition) is 4. The third kappa shape index (κ3) is 2.56. The van der Waals surface area contributed by atoms with Crippen LogP contribution in [-0.4, -0.2) is 33.4 Å². The number of esters is 1. The van der Waals surface area contributed by atoms with E-state index >= 15 is 0 Å². The van der Waals surface area contributed by atoms with Crippen LogP contribution in [0.2, 0.25) is 0 Å². The summed E-state index contributed by atoms with van der Waals surface area (Å²) in [5.74, 6) is -1.51. The molecule has 5 heteroatoms. The Morgan fingerprint density at radius 1 is 1.40 bits per heavy atom. The van der Waals surface area contributed by atoms with Gasteiger partial charge in [0.15, 0.2) is 0 Å². The van der Waals surface area contributed by atoms with Crippen LogP contribution in [0.15, 0.2) is 35.5 Å². The molecule has 1 saturated heterocycles. The predicted molar refractivity (Wildman–Crippen MR) is 92.7 cm³/mol. The van der Waals surface area contributed by atoms with Crippen molar-refractivity contribution >= 4 is 11.9 Å². The minimum absolute atomic E-state index is 0.188. The summed E-state index contributed by atoms with van der Waals surface area (Å²) < 4.78 is 5.83. The van der Waals surface area contributed by atoms with Gasteiger partial charge in [-0.15, -0.1) is 0 Å². The molecule has 2 fully saturated rings. The van der Waals surface area contributed by atoms with E-state index in [1.165, 1.54) is 18.6 Å². The van der Waals surface area contributed by atoms with Gasteiger partial charge in [0.1, 0.15) is 11.0 Å². The van der Waals surface area contributed by atoms with Crippen LogP contribution < -0.4 is 0 Å². The molecule has 2 bridgehead atoms. The summed E-state index contributed by atoms with van der Waals surface area (Å²) in [6.07, 6.45) is 10.1. The summed E-state index contributed by atoms with van der Waals surface area (Å²) in [7, 11) is 0. The van der Waals surface area contributed by atoms with E-state index in [2.05, 4.69) is 6.08 Å². The number of aliphatic hydroxyl groups is 1. The van der Waals surface area contributed by atoms with Crippen molar-refractivity contribution in [3.63, 3.8) is 0 Å². The van der Waals surface area contributed by atoms with Crippen molar-refractivity contribution in [1.82, 2.24) is 0 Å². The fourth-order valence-electron chi connectivity index (χ4n) is 4.81. The van der Waals surface area contributed by atoms with Crippen molar-refractivity contribution in [3.05, 3.63) is 35.5 Å². The van der Waals surface area contributed by atoms with Crippen LogP contribution in [0.4, 0.5) is 0 Å². The molecule has 3 aliphatic rings. The van der Waals surface area contributed by atoms with Crippen molar-refractivity contribution < 1.29 is 24.5 Å². The van der Waals surface area contributed by atoms with Gasteiger partial charge in [-0.25, -0.2) is 4.79 Å². The van der Waals surface area contributed by atoms with Crippen LogP contribution >= 0.6 is 0 Å². The van der Waals surface area contributed by atoms with Gasteiger partial charge in [0.2, 0.25) is 0 Å². The number of ether oxygens (including phenoxy) is 1. The van der Waals surface area contributed by atoms with Crippen LogP contribution in [0, 0.1) is 11.3 Å². The van der Waals surface area contributed by atoms with Gasteiger partial charge in [0.25, 0.3) is 0 Å². The number of carbonyl (C=O) groups is 2. The molecule has 4 atom stereocenters. The van der Waals surface area contributed by atoms with Crippen LogP contribution in [0.25, 0.3) is 0 Å². The van der Waals surface area contributed by atoms with E-state index in [9.17, 15) is 14.7 Å². The third-order valence-electron chi connectivity index (χ3n) is 6.47. The number of hydrogen-bond donors (Lipinski definition) is 2. The molecule has 0 aromatic heterocycles. The van der Waals surface area contributed by atoms with Gasteiger partial charge in [-0.05, 0) is 59.0 Å². The Bertz CT molecular complexity index is 703. The van der Waals surface area contributed by atoms with Crippen molar-refractivity contribution in [1.29, 1.82) is 0 Å². The first-order valence-electron chi connectivity index (χ1n) is 8.85. The van der Waals surface area contributed by atoms with Crippen LogP contribution in [-0.2, 0) is 14.3 Å². The maximum Gasteiger partial charge on any atom is 0.331 e. The fraction of sp³-hybridized carbons (Fsp3) is 0.600. The summed E-state index contributed by atoms with van der Waals surface area (Å²) in [6, 6.07) is 0. The molecule has 0 unspecified atom stereocenters. The molecule has 2 N–H and O–H groups in total. The zero-order valence-electron chi connectivity index (χ0n) is 15.0. The Labute approximate surface area is 148 Å². The number of cyclic esters (lactones) is 1. The molecule has 136 valence electrons. The second-order valence-electron chi connectivity index (χ2n) is 7.94. The molecule has 25 heavy (non-hydrogen) atoms. The zero-order chi connectivity index (χ0) is 18.5. The quantitative estimate of drug-likeness (QED) is 0.355. The normalized spacial score (nSPS) is 41.1. The van der Waals surface area contributed by atoms with E-state index in [1.54, 1.807) is 12.2 Å². The molecule has 5 nitrogen and oxygen atoms in total. The standard InChI is InChI=1S/C20H26O5/c1-13-6-10-19-11-8-15(20(19,24)12-7-13)18(3,25-17(19)23)9-4-5-14(2)16(21)22/h4-6,9,15,24H,7-8,10-12H2,1-3H3,(H,21,22)/b9-4+,14-5+/t15-,18+,19+,20-/m1/s1. The molecule has 0 radical (unpaired) electrons. The smallest absolute Gasteiger partial charge is 0.331 e. The van der Waals surface area contributed by atoms with E-state index in [-0.39, 0.29) is 17.5 Å². The Hall–Kier alpha value is -1.88. The first-order valence-corrected chi connectivity index (χ1v) is 8.85. The zero-order valence-corrected chi connectivity index (χ0v) is 15.0. The summed E-state index contributed by atoms with van der Waals surface area (Å²) in [5.41, 5.74) is -1.44. The van der Waals surface area contributed by atoms with E-state index in [0.717, 1.165) is 12.8 Å². The van der Waals surface area contributed by atoms with Crippen LogP contribution in [0.5, 0.6) is 0 Å². The Kier molecular flexibility index (Phi) is 4.18. The van der Waals surface area contributed by atoms with Gasteiger partial charge >= 0.3 is 11.9 Å². The molecule has 3 rings (SSSR count). The topological polar surface area (TPSA) is 83.8 Å². The van der Waals surface area contributed by atoms with Gasteiger partial charge in [-0.3, -0.25) is 4.79 Å². The molecule has 0 aromatic rings. The molecule has 0 aromatic carbocycles. The van der Waals surface area contributed by atoms with Crippen molar-refractivity contribution in [3.8, 4) is 0 Å².